The van der Waals surface area contributed by atoms with E-state index in [0.717, 1.165) is 17.7 Å². The topological polar surface area (TPSA) is 50.4 Å². The van der Waals surface area contributed by atoms with Crippen LogP contribution in [0.4, 0.5) is 10.5 Å². The van der Waals surface area contributed by atoms with E-state index in [-0.39, 0.29) is 6.03 Å². The van der Waals surface area contributed by atoms with Gasteiger partial charge in [0.05, 0.1) is 0 Å². The monoisotopic (exact) mass is 222 g/mol. The summed E-state index contributed by atoms with van der Waals surface area (Å²) in [6.07, 6.45) is 0.817. The van der Waals surface area contributed by atoms with Gasteiger partial charge in [-0.15, -0.1) is 0 Å². The molecule has 0 atom stereocenters. The van der Waals surface area contributed by atoms with Crippen LogP contribution in [-0.2, 0) is 4.74 Å². The van der Waals surface area contributed by atoms with Gasteiger partial charge < -0.3 is 15.4 Å². The largest absolute Gasteiger partial charge is 0.385 e. The second-order valence-corrected chi connectivity index (χ2v) is 3.54. The van der Waals surface area contributed by atoms with E-state index in [9.17, 15) is 4.79 Å². The zero-order valence-corrected chi connectivity index (χ0v) is 9.75. The zero-order chi connectivity index (χ0) is 11.8. The number of urea groups is 1. The molecule has 0 saturated heterocycles. The summed E-state index contributed by atoms with van der Waals surface area (Å²) in [5.41, 5.74) is 1.89. The van der Waals surface area contributed by atoms with E-state index >= 15 is 0 Å². The highest BCUT2D eigenvalue weighted by Crippen LogP contribution is 2.12. The number of ether oxygens (including phenoxy) is 1. The normalized spacial score (nSPS) is 9.88. The Hall–Kier alpha value is -1.55. The first-order valence-electron chi connectivity index (χ1n) is 5.33. The number of carbonyl (C=O) groups is 1. The van der Waals surface area contributed by atoms with Crippen molar-refractivity contribution in [3.05, 3.63) is 29.8 Å². The number of hydrogen-bond donors (Lipinski definition) is 2. The van der Waals surface area contributed by atoms with E-state index in [4.69, 9.17) is 4.74 Å². The molecule has 4 nitrogen and oxygen atoms in total. The minimum Gasteiger partial charge on any atom is -0.385 e. The van der Waals surface area contributed by atoms with Crippen LogP contribution in [0.1, 0.15) is 12.0 Å². The molecule has 1 rings (SSSR count). The molecule has 88 valence electrons. The zero-order valence-electron chi connectivity index (χ0n) is 9.75. The summed E-state index contributed by atoms with van der Waals surface area (Å²) >= 11 is 0. The van der Waals surface area contributed by atoms with Crippen LogP contribution in [0.2, 0.25) is 0 Å². The third kappa shape index (κ3) is 4.31. The van der Waals surface area contributed by atoms with Gasteiger partial charge in [-0.25, -0.2) is 4.79 Å². The molecule has 1 aromatic carbocycles. The number of methoxy groups -OCH3 is 1. The van der Waals surface area contributed by atoms with Crippen molar-refractivity contribution in [2.75, 3.05) is 25.6 Å². The number of amides is 2. The van der Waals surface area contributed by atoms with Gasteiger partial charge >= 0.3 is 6.03 Å². The number of benzene rings is 1. The van der Waals surface area contributed by atoms with Gasteiger partial charge in [-0.1, -0.05) is 18.2 Å². The Bertz CT molecular complexity index is 340. The average Bonchev–Trinajstić information content (AvgIpc) is 2.28. The highest BCUT2D eigenvalue weighted by Gasteiger charge is 2.02. The standard InChI is InChI=1S/C12H18N2O2/c1-10-6-3-4-7-11(10)14-12(15)13-8-5-9-16-2/h3-4,6-7H,5,8-9H2,1-2H3,(H2,13,14,15). The Morgan fingerprint density at radius 3 is 2.81 bits per heavy atom. The minimum absolute atomic E-state index is 0.176. The molecule has 0 bridgehead atoms. The Balaban J connectivity index is 2.32. The third-order valence-corrected chi connectivity index (χ3v) is 2.20. The van der Waals surface area contributed by atoms with Crippen molar-refractivity contribution in [3.8, 4) is 0 Å². The number of hydrogen-bond acceptors (Lipinski definition) is 2. The molecule has 0 aliphatic heterocycles. The van der Waals surface area contributed by atoms with Crippen LogP contribution in [0.5, 0.6) is 0 Å². The molecule has 0 spiro atoms. The maximum atomic E-state index is 11.5. The van der Waals surface area contributed by atoms with Gasteiger partial charge in [0.25, 0.3) is 0 Å². The predicted octanol–water partition coefficient (Wildman–Crippen LogP) is 2.15. The Kier molecular flexibility index (Phi) is 5.36. The maximum Gasteiger partial charge on any atom is 0.319 e. The summed E-state index contributed by atoms with van der Waals surface area (Å²) in [6, 6.07) is 7.50. The number of anilines is 1. The quantitative estimate of drug-likeness (QED) is 0.750. The summed E-state index contributed by atoms with van der Waals surface area (Å²) in [6.45, 7) is 3.23. The van der Waals surface area contributed by atoms with E-state index in [1.165, 1.54) is 0 Å². The molecule has 0 fully saturated rings. The summed E-state index contributed by atoms with van der Waals surface area (Å²) in [7, 11) is 1.65. The van der Waals surface area contributed by atoms with E-state index in [1.807, 2.05) is 31.2 Å². The molecule has 16 heavy (non-hydrogen) atoms. The second-order valence-electron chi connectivity index (χ2n) is 3.54. The molecule has 1 aromatic rings. The first-order chi connectivity index (χ1) is 7.74. The van der Waals surface area contributed by atoms with Crippen LogP contribution in [0.15, 0.2) is 24.3 Å². The molecule has 2 amide bonds. The van der Waals surface area contributed by atoms with E-state index in [0.29, 0.717) is 13.2 Å². The van der Waals surface area contributed by atoms with E-state index in [1.54, 1.807) is 7.11 Å². The van der Waals surface area contributed by atoms with Crippen molar-refractivity contribution < 1.29 is 9.53 Å². The van der Waals surface area contributed by atoms with Crippen molar-refractivity contribution in [3.63, 3.8) is 0 Å². The molecular formula is C12H18N2O2. The highest BCUT2D eigenvalue weighted by molar-refractivity contribution is 5.89. The Morgan fingerprint density at radius 2 is 2.12 bits per heavy atom. The molecule has 0 aliphatic rings. The van der Waals surface area contributed by atoms with Crippen molar-refractivity contribution in [1.82, 2.24) is 5.32 Å². The lowest BCUT2D eigenvalue weighted by molar-refractivity contribution is 0.194. The fourth-order valence-corrected chi connectivity index (χ4v) is 1.30. The molecular weight excluding hydrogens is 204 g/mol. The molecule has 0 aliphatic carbocycles. The fraction of sp³-hybridized carbons (Fsp3) is 0.417. The molecule has 0 heterocycles. The van der Waals surface area contributed by atoms with Gasteiger partial charge in [-0.3, -0.25) is 0 Å². The Morgan fingerprint density at radius 1 is 1.38 bits per heavy atom. The number of para-hydroxylation sites is 1. The maximum absolute atomic E-state index is 11.5. The number of nitrogens with one attached hydrogen (secondary N) is 2. The lowest BCUT2D eigenvalue weighted by Gasteiger charge is -2.09. The van der Waals surface area contributed by atoms with Gasteiger partial charge in [0.2, 0.25) is 0 Å². The highest BCUT2D eigenvalue weighted by atomic mass is 16.5. The molecule has 0 unspecified atom stereocenters. The fourth-order valence-electron chi connectivity index (χ4n) is 1.30. The molecule has 0 aromatic heterocycles. The lowest BCUT2D eigenvalue weighted by atomic mass is 10.2. The van der Waals surface area contributed by atoms with Crippen molar-refractivity contribution in [1.29, 1.82) is 0 Å². The first-order valence-corrected chi connectivity index (χ1v) is 5.33. The van der Waals surface area contributed by atoms with Crippen molar-refractivity contribution in [2.45, 2.75) is 13.3 Å². The van der Waals surface area contributed by atoms with Crippen LogP contribution in [0.25, 0.3) is 0 Å². The first kappa shape index (κ1) is 12.5. The average molecular weight is 222 g/mol. The van der Waals surface area contributed by atoms with Crippen LogP contribution in [0, 0.1) is 6.92 Å². The van der Waals surface area contributed by atoms with Gasteiger partial charge in [0.1, 0.15) is 0 Å². The van der Waals surface area contributed by atoms with Crippen LogP contribution in [-0.4, -0.2) is 26.3 Å². The number of aryl methyl sites for hydroxylation is 1. The smallest absolute Gasteiger partial charge is 0.319 e. The van der Waals surface area contributed by atoms with Crippen LogP contribution in [0.3, 0.4) is 0 Å². The third-order valence-electron chi connectivity index (χ3n) is 2.20. The summed E-state index contributed by atoms with van der Waals surface area (Å²) in [5, 5.41) is 5.56. The lowest BCUT2D eigenvalue weighted by Crippen LogP contribution is -2.30. The van der Waals surface area contributed by atoms with Crippen molar-refractivity contribution >= 4 is 11.7 Å². The predicted molar refractivity (Wildman–Crippen MR) is 64.7 cm³/mol. The van der Waals surface area contributed by atoms with E-state index < -0.39 is 0 Å². The van der Waals surface area contributed by atoms with Crippen LogP contribution >= 0.6 is 0 Å². The minimum atomic E-state index is -0.176. The van der Waals surface area contributed by atoms with Crippen molar-refractivity contribution in [2.24, 2.45) is 0 Å². The second kappa shape index (κ2) is 6.85. The number of carbonyl (C=O) groups excluding carboxylic acids is 1. The molecule has 0 saturated carbocycles. The van der Waals surface area contributed by atoms with Gasteiger partial charge in [0, 0.05) is 25.9 Å². The molecule has 0 radical (unpaired) electrons. The van der Waals surface area contributed by atoms with E-state index in [2.05, 4.69) is 10.6 Å². The summed E-state index contributed by atoms with van der Waals surface area (Å²) in [4.78, 5) is 11.5. The van der Waals surface area contributed by atoms with Crippen LogP contribution < -0.4 is 10.6 Å². The van der Waals surface area contributed by atoms with Gasteiger partial charge in [-0.05, 0) is 25.0 Å². The SMILES string of the molecule is COCCCNC(=O)Nc1ccccc1C. The molecule has 4 heteroatoms. The summed E-state index contributed by atoms with van der Waals surface area (Å²) in [5.74, 6) is 0. The summed E-state index contributed by atoms with van der Waals surface area (Å²) < 4.78 is 4.89. The molecule has 2 N–H and O–H groups in total. The Labute approximate surface area is 96.0 Å². The van der Waals surface area contributed by atoms with Gasteiger partial charge in [0.15, 0.2) is 0 Å². The van der Waals surface area contributed by atoms with Gasteiger partial charge in [-0.2, -0.15) is 0 Å². The number of rotatable bonds is 5.